The van der Waals surface area contributed by atoms with Gasteiger partial charge in [-0.3, -0.25) is 4.90 Å². The molecule has 4 rings (SSSR count). The van der Waals surface area contributed by atoms with Gasteiger partial charge in [0.25, 0.3) is 0 Å². The maximum atomic E-state index is 5.78. The fraction of sp³-hybridized carbons (Fsp3) is 0.471. The highest BCUT2D eigenvalue weighted by Gasteiger charge is 2.33. The molecule has 0 spiro atoms. The van der Waals surface area contributed by atoms with Gasteiger partial charge in [0.1, 0.15) is 6.33 Å². The van der Waals surface area contributed by atoms with Crippen LogP contribution in [0.4, 0.5) is 17.3 Å². The van der Waals surface area contributed by atoms with Gasteiger partial charge >= 0.3 is 0 Å². The van der Waals surface area contributed by atoms with E-state index in [9.17, 15) is 0 Å². The quantitative estimate of drug-likeness (QED) is 0.896. The minimum absolute atomic E-state index is 0.179. The molecular weight excluding hydrogens is 340 g/mol. The molecule has 0 bridgehead atoms. The van der Waals surface area contributed by atoms with Gasteiger partial charge in [-0.15, -0.1) is 0 Å². The monoisotopic (exact) mass is 360 g/mol. The second-order valence-corrected chi connectivity index (χ2v) is 6.81. The number of rotatable bonds is 4. The van der Waals surface area contributed by atoms with Gasteiger partial charge in [0, 0.05) is 37.1 Å². The van der Waals surface area contributed by atoms with Crippen molar-refractivity contribution in [3.05, 3.63) is 35.9 Å². The van der Waals surface area contributed by atoms with Gasteiger partial charge in [0.2, 0.25) is 11.2 Å². The van der Waals surface area contributed by atoms with Crippen LogP contribution < -0.4 is 10.2 Å². The van der Waals surface area contributed by atoms with Crippen LogP contribution in [0.2, 0.25) is 5.28 Å². The largest absolute Gasteiger partial charge is 0.378 e. The van der Waals surface area contributed by atoms with E-state index in [1.54, 1.807) is 0 Å². The molecule has 1 atom stereocenters. The molecule has 2 aliphatic heterocycles. The van der Waals surface area contributed by atoms with E-state index in [2.05, 4.69) is 49.1 Å². The smallest absolute Gasteiger partial charge is 0.231 e. The van der Waals surface area contributed by atoms with E-state index in [1.165, 1.54) is 12.0 Å². The van der Waals surface area contributed by atoms with Crippen LogP contribution in [-0.2, 0) is 4.74 Å². The highest BCUT2D eigenvalue weighted by Crippen LogP contribution is 2.24. The van der Waals surface area contributed by atoms with Crippen molar-refractivity contribution >= 4 is 28.9 Å². The van der Waals surface area contributed by atoms with Crippen molar-refractivity contribution in [2.45, 2.75) is 19.0 Å². The van der Waals surface area contributed by atoms with E-state index < -0.39 is 0 Å². The topological polar surface area (TPSA) is 66.4 Å². The third-order valence-electron chi connectivity index (χ3n) is 4.80. The Labute approximate surface area is 152 Å². The number of hydrogen-bond acceptors (Lipinski definition) is 7. The zero-order chi connectivity index (χ0) is 17.2. The van der Waals surface area contributed by atoms with Crippen molar-refractivity contribution in [1.82, 2.24) is 19.9 Å². The molecule has 2 saturated heterocycles. The molecule has 1 N–H and O–H groups in total. The summed E-state index contributed by atoms with van der Waals surface area (Å²) in [5.41, 5.74) is 2.15. The molecule has 0 saturated carbocycles. The fourth-order valence-corrected chi connectivity index (χ4v) is 3.51. The number of ether oxygens (including phenoxy) is 1. The Hall–Kier alpha value is -1.96. The summed E-state index contributed by atoms with van der Waals surface area (Å²) in [4.78, 5) is 16.9. The van der Waals surface area contributed by atoms with Crippen molar-refractivity contribution in [2.75, 3.05) is 43.1 Å². The van der Waals surface area contributed by atoms with E-state index in [1.807, 2.05) is 12.1 Å². The Morgan fingerprint density at radius 3 is 2.60 bits per heavy atom. The van der Waals surface area contributed by atoms with E-state index in [-0.39, 0.29) is 5.28 Å². The average Bonchev–Trinajstić information content (AvgIpc) is 2.56. The Morgan fingerprint density at radius 2 is 1.96 bits per heavy atom. The first-order valence-corrected chi connectivity index (χ1v) is 8.87. The van der Waals surface area contributed by atoms with Gasteiger partial charge in [0.15, 0.2) is 0 Å². The van der Waals surface area contributed by atoms with Gasteiger partial charge in [-0.2, -0.15) is 4.98 Å². The summed E-state index contributed by atoms with van der Waals surface area (Å²) < 4.78 is 5.33. The minimum atomic E-state index is 0.179. The molecule has 1 aromatic heterocycles. The molecule has 8 heteroatoms. The molecule has 0 unspecified atom stereocenters. The lowest BCUT2D eigenvalue weighted by Crippen LogP contribution is -2.60. The molecule has 2 aliphatic rings. The molecule has 0 radical (unpaired) electrons. The Morgan fingerprint density at radius 1 is 1.16 bits per heavy atom. The van der Waals surface area contributed by atoms with E-state index >= 15 is 0 Å². The predicted molar refractivity (Wildman–Crippen MR) is 97.5 cm³/mol. The molecule has 132 valence electrons. The molecule has 2 fully saturated rings. The van der Waals surface area contributed by atoms with Gasteiger partial charge in [-0.05, 0) is 42.8 Å². The second-order valence-electron chi connectivity index (χ2n) is 6.47. The van der Waals surface area contributed by atoms with Crippen molar-refractivity contribution in [2.24, 2.45) is 0 Å². The summed E-state index contributed by atoms with van der Waals surface area (Å²) >= 11 is 5.78. The van der Waals surface area contributed by atoms with Crippen LogP contribution in [0.3, 0.4) is 0 Å². The Kier molecular flexibility index (Phi) is 4.70. The van der Waals surface area contributed by atoms with Crippen molar-refractivity contribution < 1.29 is 4.74 Å². The SMILES string of the molecule is C[C@H]1CN(c2ccc(Nc3ncnc(Cl)n3)cc2)CCN1C1COC1. The number of hydrogen-bond donors (Lipinski definition) is 1. The third kappa shape index (κ3) is 3.68. The lowest BCUT2D eigenvalue weighted by atomic mass is 10.1. The molecule has 7 nitrogen and oxygen atoms in total. The van der Waals surface area contributed by atoms with Gasteiger partial charge in [0.05, 0.1) is 19.3 Å². The summed E-state index contributed by atoms with van der Waals surface area (Å²) in [6.45, 7) is 7.21. The molecule has 1 aromatic carbocycles. The maximum absolute atomic E-state index is 5.78. The normalized spacial score (nSPS) is 21.8. The lowest BCUT2D eigenvalue weighted by molar-refractivity contribution is -0.0792. The molecule has 2 aromatic rings. The number of halogens is 1. The molecule has 3 heterocycles. The van der Waals surface area contributed by atoms with E-state index in [4.69, 9.17) is 16.3 Å². The van der Waals surface area contributed by atoms with Crippen LogP contribution in [0.1, 0.15) is 6.92 Å². The maximum Gasteiger partial charge on any atom is 0.231 e. The molecule has 25 heavy (non-hydrogen) atoms. The van der Waals surface area contributed by atoms with Crippen molar-refractivity contribution in [3.8, 4) is 0 Å². The standard InChI is InChI=1S/C17H21ClN6O/c1-12-8-23(6-7-24(12)15-9-25-10-15)14-4-2-13(3-5-14)21-17-20-11-19-16(18)22-17/h2-5,11-12,15H,6-10H2,1H3,(H,19,20,21,22)/t12-/m0/s1. The van der Waals surface area contributed by atoms with Gasteiger partial charge in [-0.1, -0.05) is 0 Å². The zero-order valence-electron chi connectivity index (χ0n) is 14.1. The van der Waals surface area contributed by atoms with Gasteiger partial charge in [-0.25, -0.2) is 9.97 Å². The number of nitrogens with one attached hydrogen (secondary N) is 1. The summed E-state index contributed by atoms with van der Waals surface area (Å²) in [5.74, 6) is 0.442. The lowest BCUT2D eigenvalue weighted by Gasteiger charge is -2.47. The Balaban J connectivity index is 1.38. The number of aromatic nitrogens is 3. The summed E-state index contributed by atoms with van der Waals surface area (Å²) in [6.07, 6.45) is 1.39. The zero-order valence-corrected chi connectivity index (χ0v) is 14.9. The average molecular weight is 361 g/mol. The summed E-state index contributed by atoms with van der Waals surface area (Å²) in [6, 6.07) is 9.46. The predicted octanol–water partition coefficient (Wildman–Crippen LogP) is 2.18. The number of piperazine rings is 1. The highest BCUT2D eigenvalue weighted by atomic mass is 35.5. The minimum Gasteiger partial charge on any atom is -0.378 e. The van der Waals surface area contributed by atoms with Gasteiger partial charge < -0.3 is 15.0 Å². The van der Waals surface area contributed by atoms with Crippen LogP contribution in [0.15, 0.2) is 30.6 Å². The van der Waals surface area contributed by atoms with Crippen molar-refractivity contribution in [3.63, 3.8) is 0 Å². The van der Waals surface area contributed by atoms with Crippen LogP contribution >= 0.6 is 11.6 Å². The van der Waals surface area contributed by atoms with Crippen LogP contribution in [-0.4, -0.2) is 64.8 Å². The van der Waals surface area contributed by atoms with Crippen LogP contribution in [0.25, 0.3) is 0 Å². The summed E-state index contributed by atoms with van der Waals surface area (Å²) in [7, 11) is 0. The number of benzene rings is 1. The van der Waals surface area contributed by atoms with Crippen LogP contribution in [0.5, 0.6) is 0 Å². The Bertz CT molecular complexity index is 723. The molecular formula is C17H21ClN6O. The first-order chi connectivity index (χ1) is 12.2. The van der Waals surface area contributed by atoms with Crippen LogP contribution in [0, 0.1) is 0 Å². The molecule has 0 aliphatic carbocycles. The van der Waals surface area contributed by atoms with E-state index in [0.29, 0.717) is 18.0 Å². The van der Waals surface area contributed by atoms with Crippen molar-refractivity contribution in [1.29, 1.82) is 0 Å². The summed E-state index contributed by atoms with van der Waals surface area (Å²) in [5, 5.41) is 3.31. The first kappa shape index (κ1) is 16.5. The number of nitrogens with zero attached hydrogens (tertiary/aromatic N) is 5. The second kappa shape index (κ2) is 7.11. The first-order valence-electron chi connectivity index (χ1n) is 8.49. The number of anilines is 3. The highest BCUT2D eigenvalue weighted by molar-refractivity contribution is 6.28. The fourth-order valence-electron chi connectivity index (χ4n) is 3.38. The molecule has 0 amide bonds. The third-order valence-corrected chi connectivity index (χ3v) is 4.98. The van der Waals surface area contributed by atoms with E-state index in [0.717, 1.165) is 38.5 Å².